The molecule has 2 N–H and O–H groups in total. The SMILES string of the molecule is CCC(C)(CO)Nc1ncc(Br)c(OC)n1. The van der Waals surface area contributed by atoms with Crippen molar-refractivity contribution in [3.05, 3.63) is 10.7 Å². The Kier molecular flexibility index (Phi) is 4.49. The summed E-state index contributed by atoms with van der Waals surface area (Å²) in [6.07, 6.45) is 2.38. The van der Waals surface area contributed by atoms with E-state index in [2.05, 4.69) is 31.2 Å². The summed E-state index contributed by atoms with van der Waals surface area (Å²) in [6.45, 7) is 3.91. The second-order valence-corrected chi connectivity index (χ2v) is 4.60. The number of methoxy groups -OCH3 is 1. The lowest BCUT2D eigenvalue weighted by Gasteiger charge is -2.27. The minimum Gasteiger partial charge on any atom is -0.480 e. The van der Waals surface area contributed by atoms with Crippen molar-refractivity contribution < 1.29 is 9.84 Å². The summed E-state index contributed by atoms with van der Waals surface area (Å²) in [4.78, 5) is 8.28. The summed E-state index contributed by atoms with van der Waals surface area (Å²) in [5, 5.41) is 12.4. The average molecular weight is 290 g/mol. The fraction of sp³-hybridized carbons (Fsp3) is 0.600. The van der Waals surface area contributed by atoms with Gasteiger partial charge in [-0.05, 0) is 29.3 Å². The highest BCUT2D eigenvalue weighted by molar-refractivity contribution is 9.10. The van der Waals surface area contributed by atoms with E-state index < -0.39 is 5.54 Å². The number of halogens is 1. The van der Waals surface area contributed by atoms with Crippen LogP contribution in [-0.2, 0) is 0 Å². The summed E-state index contributed by atoms with van der Waals surface area (Å²) >= 11 is 3.28. The van der Waals surface area contributed by atoms with Gasteiger partial charge in [-0.25, -0.2) is 4.98 Å². The Hall–Kier alpha value is -0.880. The quantitative estimate of drug-likeness (QED) is 0.866. The molecule has 1 rings (SSSR count). The lowest BCUT2D eigenvalue weighted by molar-refractivity contribution is 0.218. The largest absolute Gasteiger partial charge is 0.480 e. The second-order valence-electron chi connectivity index (χ2n) is 3.75. The van der Waals surface area contributed by atoms with Crippen LogP contribution in [0.4, 0.5) is 5.95 Å². The standard InChI is InChI=1S/C10H16BrN3O2/c1-4-10(2,6-15)14-9-12-5-7(11)8(13-9)16-3/h5,15H,4,6H2,1-3H3,(H,12,13,14). The highest BCUT2D eigenvalue weighted by atomic mass is 79.9. The van der Waals surface area contributed by atoms with Gasteiger partial charge in [0, 0.05) is 0 Å². The topological polar surface area (TPSA) is 67.3 Å². The molecule has 0 saturated carbocycles. The molecular formula is C10H16BrN3O2. The van der Waals surface area contributed by atoms with Crippen molar-refractivity contribution in [2.24, 2.45) is 0 Å². The molecule has 1 aromatic heterocycles. The van der Waals surface area contributed by atoms with E-state index in [0.29, 0.717) is 16.3 Å². The third kappa shape index (κ3) is 3.05. The lowest BCUT2D eigenvalue weighted by Crippen LogP contribution is -2.38. The Morgan fingerprint density at radius 3 is 2.81 bits per heavy atom. The van der Waals surface area contributed by atoms with Crippen LogP contribution in [-0.4, -0.2) is 34.3 Å². The molecule has 0 saturated heterocycles. The van der Waals surface area contributed by atoms with E-state index in [9.17, 15) is 5.11 Å². The lowest BCUT2D eigenvalue weighted by atomic mass is 10.0. The summed E-state index contributed by atoms with van der Waals surface area (Å²) < 4.78 is 5.76. The maximum atomic E-state index is 9.27. The first kappa shape index (κ1) is 13.2. The van der Waals surface area contributed by atoms with Crippen molar-refractivity contribution in [3.8, 4) is 5.88 Å². The highest BCUT2D eigenvalue weighted by Gasteiger charge is 2.22. The number of nitrogens with one attached hydrogen (secondary N) is 1. The Labute approximate surface area is 103 Å². The van der Waals surface area contributed by atoms with E-state index in [4.69, 9.17) is 4.74 Å². The third-order valence-electron chi connectivity index (χ3n) is 2.45. The van der Waals surface area contributed by atoms with Gasteiger partial charge >= 0.3 is 0 Å². The molecule has 1 aromatic rings. The summed E-state index contributed by atoms with van der Waals surface area (Å²) in [6, 6.07) is 0. The van der Waals surface area contributed by atoms with E-state index in [-0.39, 0.29) is 6.61 Å². The van der Waals surface area contributed by atoms with Gasteiger partial charge in [0.2, 0.25) is 11.8 Å². The summed E-state index contributed by atoms with van der Waals surface area (Å²) in [5.74, 6) is 0.910. The normalized spacial score (nSPS) is 14.3. The Morgan fingerprint density at radius 1 is 1.62 bits per heavy atom. The maximum Gasteiger partial charge on any atom is 0.232 e. The third-order valence-corrected chi connectivity index (χ3v) is 2.99. The van der Waals surface area contributed by atoms with Gasteiger partial charge in [-0.1, -0.05) is 6.92 Å². The van der Waals surface area contributed by atoms with Crippen LogP contribution in [0.15, 0.2) is 10.7 Å². The Balaban J connectivity index is 2.89. The highest BCUT2D eigenvalue weighted by Crippen LogP contribution is 2.23. The maximum absolute atomic E-state index is 9.27. The molecule has 0 fully saturated rings. The van der Waals surface area contributed by atoms with E-state index in [1.165, 1.54) is 0 Å². The predicted octanol–water partition coefficient (Wildman–Crippen LogP) is 1.82. The smallest absolute Gasteiger partial charge is 0.232 e. The minimum atomic E-state index is -0.418. The van der Waals surface area contributed by atoms with Gasteiger partial charge in [0.1, 0.15) is 0 Å². The Morgan fingerprint density at radius 2 is 2.31 bits per heavy atom. The van der Waals surface area contributed by atoms with Crippen molar-refractivity contribution in [1.29, 1.82) is 0 Å². The van der Waals surface area contributed by atoms with Gasteiger partial charge in [-0.3, -0.25) is 0 Å². The molecule has 90 valence electrons. The van der Waals surface area contributed by atoms with Crippen molar-refractivity contribution in [2.75, 3.05) is 19.0 Å². The number of rotatable bonds is 5. The molecule has 0 aliphatic rings. The number of aliphatic hydroxyl groups excluding tert-OH is 1. The van der Waals surface area contributed by atoms with Crippen molar-refractivity contribution in [2.45, 2.75) is 25.8 Å². The van der Waals surface area contributed by atoms with Crippen molar-refractivity contribution >= 4 is 21.9 Å². The van der Waals surface area contributed by atoms with Gasteiger partial charge in [0.05, 0.1) is 29.9 Å². The van der Waals surface area contributed by atoms with Crippen LogP contribution in [0, 0.1) is 0 Å². The fourth-order valence-electron chi connectivity index (χ4n) is 1.06. The van der Waals surface area contributed by atoms with Crippen LogP contribution in [0.2, 0.25) is 0 Å². The first-order valence-electron chi connectivity index (χ1n) is 5.00. The van der Waals surface area contributed by atoms with Crippen LogP contribution in [0.5, 0.6) is 5.88 Å². The molecule has 0 radical (unpaired) electrons. The zero-order chi connectivity index (χ0) is 12.2. The first-order valence-corrected chi connectivity index (χ1v) is 5.79. The summed E-state index contributed by atoms with van der Waals surface area (Å²) in [7, 11) is 1.54. The van der Waals surface area contributed by atoms with Gasteiger partial charge in [-0.15, -0.1) is 0 Å². The number of hydrogen-bond acceptors (Lipinski definition) is 5. The minimum absolute atomic E-state index is 0.0191. The number of anilines is 1. The van der Waals surface area contributed by atoms with E-state index in [1.807, 2.05) is 13.8 Å². The Bertz CT molecular complexity index is 356. The van der Waals surface area contributed by atoms with E-state index >= 15 is 0 Å². The van der Waals surface area contributed by atoms with Gasteiger partial charge < -0.3 is 15.2 Å². The molecular weight excluding hydrogens is 274 g/mol. The van der Waals surface area contributed by atoms with Crippen LogP contribution in [0.25, 0.3) is 0 Å². The molecule has 0 aliphatic carbocycles. The molecule has 1 atom stereocenters. The number of hydrogen-bond donors (Lipinski definition) is 2. The average Bonchev–Trinajstić information content (AvgIpc) is 2.31. The zero-order valence-corrected chi connectivity index (χ0v) is 11.2. The molecule has 0 amide bonds. The van der Waals surface area contributed by atoms with Crippen molar-refractivity contribution in [1.82, 2.24) is 9.97 Å². The summed E-state index contributed by atoms with van der Waals surface area (Å²) in [5.41, 5.74) is -0.418. The molecule has 0 spiro atoms. The first-order chi connectivity index (χ1) is 7.54. The van der Waals surface area contributed by atoms with E-state index in [1.54, 1.807) is 13.3 Å². The second kappa shape index (κ2) is 5.45. The van der Waals surface area contributed by atoms with Gasteiger partial charge in [0.25, 0.3) is 0 Å². The van der Waals surface area contributed by atoms with Gasteiger partial charge in [-0.2, -0.15) is 4.98 Å². The molecule has 5 nitrogen and oxygen atoms in total. The molecule has 6 heteroatoms. The molecule has 16 heavy (non-hydrogen) atoms. The molecule has 0 bridgehead atoms. The van der Waals surface area contributed by atoms with Crippen LogP contribution >= 0.6 is 15.9 Å². The monoisotopic (exact) mass is 289 g/mol. The van der Waals surface area contributed by atoms with E-state index in [0.717, 1.165) is 6.42 Å². The van der Waals surface area contributed by atoms with Crippen LogP contribution in [0.3, 0.4) is 0 Å². The molecule has 0 aromatic carbocycles. The number of aliphatic hydroxyl groups is 1. The van der Waals surface area contributed by atoms with Gasteiger partial charge in [0.15, 0.2) is 0 Å². The fourth-order valence-corrected chi connectivity index (χ4v) is 1.42. The zero-order valence-electron chi connectivity index (χ0n) is 9.62. The van der Waals surface area contributed by atoms with Crippen LogP contribution in [0.1, 0.15) is 20.3 Å². The van der Waals surface area contributed by atoms with Crippen molar-refractivity contribution in [3.63, 3.8) is 0 Å². The number of aromatic nitrogens is 2. The molecule has 0 aliphatic heterocycles. The number of ether oxygens (including phenoxy) is 1. The molecule has 1 heterocycles. The number of nitrogens with zero attached hydrogens (tertiary/aromatic N) is 2. The predicted molar refractivity (Wildman–Crippen MR) is 65.7 cm³/mol. The molecule has 1 unspecified atom stereocenters. The van der Waals surface area contributed by atoms with Crippen LogP contribution < -0.4 is 10.1 Å².